The lowest BCUT2D eigenvalue weighted by Crippen LogP contribution is -2.31. The number of pyridine rings is 1. The van der Waals surface area contributed by atoms with E-state index < -0.39 is 0 Å². The molecule has 3 N–H and O–H groups in total. The number of rotatable bonds is 4. The normalized spacial score (nSPS) is 11.4. The van der Waals surface area contributed by atoms with Crippen LogP contribution >= 0.6 is 0 Å². The van der Waals surface area contributed by atoms with Crippen LogP contribution < -0.4 is 16.0 Å². The third-order valence-electron chi connectivity index (χ3n) is 3.28. The van der Waals surface area contributed by atoms with Crippen LogP contribution in [0, 0.1) is 6.92 Å². The lowest BCUT2D eigenvalue weighted by atomic mass is 10.2. The first-order valence-electron chi connectivity index (χ1n) is 6.38. The molecule has 1 aromatic heterocycles. The number of hydrogen-bond acceptors (Lipinski definition) is 4. The molecule has 0 aliphatic carbocycles. The second kappa shape index (κ2) is 6.13. The average molecular weight is 287 g/mol. The molecule has 2 aromatic rings. The Labute approximate surface area is 122 Å². The van der Waals surface area contributed by atoms with Crippen molar-refractivity contribution < 1.29 is 9.94 Å². The Morgan fingerprint density at radius 3 is 2.52 bits per heavy atom. The molecule has 0 spiro atoms. The molecule has 110 valence electrons. The van der Waals surface area contributed by atoms with Gasteiger partial charge in [0.05, 0.1) is 19.2 Å². The Kier molecular flexibility index (Phi) is 4.27. The Bertz CT molecular complexity index is 718. The highest BCUT2D eigenvalue weighted by molar-refractivity contribution is 5.96. The fourth-order valence-electron chi connectivity index (χ4n) is 2.03. The predicted octanol–water partition coefficient (Wildman–Crippen LogP) is 1.31. The van der Waals surface area contributed by atoms with Gasteiger partial charge in [-0.05, 0) is 36.8 Å². The zero-order chi connectivity index (χ0) is 15.4. The molecule has 0 saturated heterocycles. The minimum absolute atomic E-state index is 0.177. The quantitative estimate of drug-likeness (QED) is 0.384. The second-order valence-electron chi connectivity index (χ2n) is 4.61. The highest BCUT2D eigenvalue weighted by Crippen LogP contribution is 2.12. The first-order chi connectivity index (χ1) is 10.1. The molecule has 0 unspecified atom stereocenters. The molecule has 0 saturated carbocycles. The Balaban J connectivity index is 2.41. The lowest BCUT2D eigenvalue weighted by Gasteiger charge is -2.12. The summed E-state index contributed by atoms with van der Waals surface area (Å²) in [4.78, 5) is 12.4. The van der Waals surface area contributed by atoms with E-state index in [-0.39, 0.29) is 17.0 Å². The van der Waals surface area contributed by atoms with Gasteiger partial charge in [-0.1, -0.05) is 17.3 Å². The summed E-state index contributed by atoms with van der Waals surface area (Å²) >= 11 is 0. The summed E-state index contributed by atoms with van der Waals surface area (Å²) in [5.41, 5.74) is 7.16. The van der Waals surface area contributed by atoms with Gasteiger partial charge in [0.25, 0.3) is 5.56 Å². The molecular formula is C15H17N3O3. The van der Waals surface area contributed by atoms with Crippen LogP contribution in [0.25, 0.3) is 0 Å². The number of amidine groups is 1. The van der Waals surface area contributed by atoms with Gasteiger partial charge in [-0.2, -0.15) is 0 Å². The van der Waals surface area contributed by atoms with Crippen LogP contribution in [0.3, 0.4) is 0 Å². The predicted molar refractivity (Wildman–Crippen MR) is 80.0 cm³/mol. The van der Waals surface area contributed by atoms with Crippen LogP contribution in [0.15, 0.2) is 46.3 Å². The van der Waals surface area contributed by atoms with Crippen molar-refractivity contribution in [3.05, 3.63) is 63.6 Å². The third-order valence-corrected chi connectivity index (χ3v) is 3.28. The molecule has 2 rings (SSSR count). The van der Waals surface area contributed by atoms with Gasteiger partial charge in [-0.3, -0.25) is 4.79 Å². The largest absolute Gasteiger partial charge is 0.497 e. The number of methoxy groups -OCH3 is 1. The van der Waals surface area contributed by atoms with E-state index in [1.807, 2.05) is 31.2 Å². The topological polar surface area (TPSA) is 89.8 Å². The van der Waals surface area contributed by atoms with Gasteiger partial charge in [-0.15, -0.1) is 0 Å². The lowest BCUT2D eigenvalue weighted by molar-refractivity contribution is 0.318. The minimum Gasteiger partial charge on any atom is -0.497 e. The SMILES string of the molecule is COc1ccc(Cn2c(C)ccc(/C(N)=N/O)c2=O)cc1. The van der Waals surface area contributed by atoms with Crippen molar-refractivity contribution in [3.8, 4) is 5.75 Å². The molecular weight excluding hydrogens is 270 g/mol. The molecule has 0 aliphatic heterocycles. The number of benzene rings is 1. The molecule has 0 radical (unpaired) electrons. The van der Waals surface area contributed by atoms with Crippen LogP contribution in [-0.2, 0) is 6.54 Å². The zero-order valence-corrected chi connectivity index (χ0v) is 11.9. The van der Waals surface area contributed by atoms with Gasteiger partial charge in [0.2, 0.25) is 0 Å². The van der Waals surface area contributed by atoms with E-state index in [4.69, 9.17) is 15.7 Å². The van der Waals surface area contributed by atoms with Crippen molar-refractivity contribution in [1.29, 1.82) is 0 Å². The molecule has 6 heteroatoms. The van der Waals surface area contributed by atoms with E-state index >= 15 is 0 Å². The van der Waals surface area contributed by atoms with E-state index in [2.05, 4.69) is 5.16 Å². The van der Waals surface area contributed by atoms with Crippen LogP contribution in [0.1, 0.15) is 16.8 Å². The minimum atomic E-state index is -0.291. The summed E-state index contributed by atoms with van der Waals surface area (Å²) in [6.07, 6.45) is 0. The van der Waals surface area contributed by atoms with Crippen LogP contribution in [0.4, 0.5) is 0 Å². The summed E-state index contributed by atoms with van der Waals surface area (Å²) in [5.74, 6) is 0.566. The van der Waals surface area contributed by atoms with E-state index in [0.717, 1.165) is 17.0 Å². The molecule has 0 aliphatic rings. The van der Waals surface area contributed by atoms with Gasteiger partial charge in [0.15, 0.2) is 5.84 Å². The summed E-state index contributed by atoms with van der Waals surface area (Å²) < 4.78 is 6.68. The molecule has 21 heavy (non-hydrogen) atoms. The monoisotopic (exact) mass is 287 g/mol. The van der Waals surface area contributed by atoms with E-state index in [1.54, 1.807) is 23.8 Å². The fraction of sp³-hybridized carbons (Fsp3) is 0.200. The first kappa shape index (κ1) is 14.6. The Hall–Kier alpha value is -2.76. The first-order valence-corrected chi connectivity index (χ1v) is 6.38. The summed E-state index contributed by atoms with van der Waals surface area (Å²) in [6, 6.07) is 10.8. The molecule has 0 fully saturated rings. The number of aryl methyl sites for hydroxylation is 1. The number of nitrogens with two attached hydrogens (primary N) is 1. The van der Waals surface area contributed by atoms with Crippen LogP contribution in [0.2, 0.25) is 0 Å². The fourth-order valence-corrected chi connectivity index (χ4v) is 2.03. The maximum absolute atomic E-state index is 12.4. The summed E-state index contributed by atoms with van der Waals surface area (Å²) in [6.45, 7) is 2.24. The zero-order valence-electron chi connectivity index (χ0n) is 11.9. The van der Waals surface area contributed by atoms with Crippen LogP contribution in [-0.4, -0.2) is 22.7 Å². The highest BCUT2D eigenvalue weighted by Gasteiger charge is 2.10. The summed E-state index contributed by atoms with van der Waals surface area (Å²) in [7, 11) is 1.60. The Morgan fingerprint density at radius 1 is 1.29 bits per heavy atom. The van der Waals surface area contributed by atoms with Crippen molar-refractivity contribution in [2.24, 2.45) is 10.9 Å². The van der Waals surface area contributed by atoms with Crippen molar-refractivity contribution in [2.45, 2.75) is 13.5 Å². The average Bonchev–Trinajstić information content (AvgIpc) is 2.51. The molecule has 0 amide bonds. The van der Waals surface area contributed by atoms with E-state index in [0.29, 0.717) is 6.54 Å². The standard InChI is InChI=1S/C15H17N3O3/c1-10-3-8-13(14(16)17-20)15(19)18(10)9-11-4-6-12(21-2)7-5-11/h3-8,20H,9H2,1-2H3,(H2,16,17). The van der Waals surface area contributed by atoms with E-state index in [1.165, 1.54) is 0 Å². The van der Waals surface area contributed by atoms with Gasteiger partial charge in [-0.25, -0.2) is 0 Å². The van der Waals surface area contributed by atoms with Crippen molar-refractivity contribution in [1.82, 2.24) is 4.57 Å². The number of nitrogens with zero attached hydrogens (tertiary/aromatic N) is 2. The smallest absolute Gasteiger partial charge is 0.262 e. The number of ether oxygens (including phenoxy) is 1. The van der Waals surface area contributed by atoms with Gasteiger partial charge in [0.1, 0.15) is 5.75 Å². The molecule has 1 heterocycles. The Morgan fingerprint density at radius 2 is 1.95 bits per heavy atom. The number of aromatic nitrogens is 1. The van der Waals surface area contributed by atoms with Crippen molar-refractivity contribution in [3.63, 3.8) is 0 Å². The van der Waals surface area contributed by atoms with Gasteiger partial charge >= 0.3 is 0 Å². The molecule has 0 bridgehead atoms. The molecule has 1 aromatic carbocycles. The second-order valence-corrected chi connectivity index (χ2v) is 4.61. The maximum atomic E-state index is 12.4. The highest BCUT2D eigenvalue weighted by atomic mass is 16.5. The number of hydrogen-bond donors (Lipinski definition) is 2. The maximum Gasteiger partial charge on any atom is 0.262 e. The summed E-state index contributed by atoms with van der Waals surface area (Å²) in [5, 5.41) is 11.6. The molecule has 0 atom stereocenters. The third kappa shape index (κ3) is 3.05. The molecule has 6 nitrogen and oxygen atoms in total. The van der Waals surface area contributed by atoms with Gasteiger partial charge < -0.3 is 20.2 Å². The van der Waals surface area contributed by atoms with Crippen LogP contribution in [0.5, 0.6) is 5.75 Å². The number of oxime groups is 1. The van der Waals surface area contributed by atoms with E-state index in [9.17, 15) is 4.79 Å². The van der Waals surface area contributed by atoms with Gasteiger partial charge in [0, 0.05) is 5.69 Å². The van der Waals surface area contributed by atoms with Crippen molar-refractivity contribution in [2.75, 3.05) is 7.11 Å². The van der Waals surface area contributed by atoms with Crippen molar-refractivity contribution >= 4 is 5.84 Å².